The molecule has 0 saturated heterocycles. The molecule has 100 valence electrons. The average molecular weight is 246 g/mol. The standard InChI is InChI=1S/C17H26O/c1-7-9-12(3)10-16-13(4)11-17(18-8-2)15(6)14(16)5/h7,9,11-12H,8,10H2,1-6H3/b9-7-. The van der Waals surface area contributed by atoms with Gasteiger partial charge in [0, 0.05) is 0 Å². The third kappa shape index (κ3) is 3.38. The van der Waals surface area contributed by atoms with Gasteiger partial charge in [0.25, 0.3) is 0 Å². The van der Waals surface area contributed by atoms with E-state index >= 15 is 0 Å². The van der Waals surface area contributed by atoms with Gasteiger partial charge in [-0.25, -0.2) is 0 Å². The average Bonchev–Trinajstić information content (AvgIpc) is 2.32. The zero-order valence-electron chi connectivity index (χ0n) is 12.6. The van der Waals surface area contributed by atoms with Crippen LogP contribution in [0.2, 0.25) is 0 Å². The largest absolute Gasteiger partial charge is 0.494 e. The van der Waals surface area contributed by atoms with Crippen molar-refractivity contribution in [2.45, 2.75) is 48.0 Å². The highest BCUT2D eigenvalue weighted by Crippen LogP contribution is 2.29. The minimum atomic E-state index is 0.588. The fourth-order valence-corrected chi connectivity index (χ4v) is 2.44. The number of rotatable bonds is 5. The number of benzene rings is 1. The van der Waals surface area contributed by atoms with E-state index in [1.54, 1.807) is 0 Å². The smallest absolute Gasteiger partial charge is 0.122 e. The van der Waals surface area contributed by atoms with Gasteiger partial charge < -0.3 is 4.74 Å². The molecule has 0 amide bonds. The third-order valence-electron chi connectivity index (χ3n) is 3.56. The van der Waals surface area contributed by atoms with Crippen molar-refractivity contribution in [3.63, 3.8) is 0 Å². The first kappa shape index (κ1) is 14.8. The van der Waals surface area contributed by atoms with E-state index in [4.69, 9.17) is 4.74 Å². The van der Waals surface area contributed by atoms with E-state index in [1.807, 2.05) is 6.92 Å². The van der Waals surface area contributed by atoms with Crippen LogP contribution in [0.15, 0.2) is 18.2 Å². The van der Waals surface area contributed by atoms with E-state index in [9.17, 15) is 0 Å². The molecule has 0 aliphatic heterocycles. The Labute approximate surface area is 112 Å². The Morgan fingerprint density at radius 1 is 1.22 bits per heavy atom. The van der Waals surface area contributed by atoms with Gasteiger partial charge in [-0.3, -0.25) is 0 Å². The maximum absolute atomic E-state index is 5.69. The van der Waals surface area contributed by atoms with E-state index in [1.165, 1.54) is 22.3 Å². The molecule has 1 aromatic carbocycles. The van der Waals surface area contributed by atoms with Crippen molar-refractivity contribution in [3.05, 3.63) is 40.5 Å². The van der Waals surface area contributed by atoms with Crippen molar-refractivity contribution in [2.75, 3.05) is 6.61 Å². The molecule has 1 nitrogen and oxygen atoms in total. The van der Waals surface area contributed by atoms with Crippen LogP contribution in [0.5, 0.6) is 5.75 Å². The quantitative estimate of drug-likeness (QED) is 0.680. The molecule has 1 aromatic rings. The summed E-state index contributed by atoms with van der Waals surface area (Å²) >= 11 is 0. The van der Waals surface area contributed by atoms with Gasteiger partial charge in [0.05, 0.1) is 6.61 Å². The molecule has 0 heterocycles. The van der Waals surface area contributed by atoms with Crippen LogP contribution in [0, 0.1) is 26.7 Å². The molecule has 1 rings (SSSR count). The van der Waals surface area contributed by atoms with E-state index in [-0.39, 0.29) is 0 Å². The first-order valence-electron chi connectivity index (χ1n) is 6.86. The van der Waals surface area contributed by atoms with Crippen molar-refractivity contribution < 1.29 is 4.74 Å². The van der Waals surface area contributed by atoms with E-state index in [2.05, 4.69) is 52.8 Å². The summed E-state index contributed by atoms with van der Waals surface area (Å²) < 4.78 is 5.69. The number of aryl methyl sites for hydroxylation is 1. The van der Waals surface area contributed by atoms with Crippen molar-refractivity contribution >= 4 is 0 Å². The molecule has 0 aliphatic carbocycles. The molecule has 0 aromatic heterocycles. The minimum Gasteiger partial charge on any atom is -0.494 e. The lowest BCUT2D eigenvalue weighted by Crippen LogP contribution is -2.05. The van der Waals surface area contributed by atoms with Crippen LogP contribution in [-0.4, -0.2) is 6.61 Å². The second-order valence-electron chi connectivity index (χ2n) is 5.06. The Hall–Kier alpha value is -1.24. The maximum atomic E-state index is 5.69. The van der Waals surface area contributed by atoms with Gasteiger partial charge in [-0.15, -0.1) is 0 Å². The van der Waals surface area contributed by atoms with Crippen LogP contribution in [0.4, 0.5) is 0 Å². The molecule has 0 spiro atoms. The topological polar surface area (TPSA) is 9.23 Å². The maximum Gasteiger partial charge on any atom is 0.122 e. The van der Waals surface area contributed by atoms with Crippen molar-refractivity contribution in [2.24, 2.45) is 5.92 Å². The first-order chi connectivity index (χ1) is 8.51. The van der Waals surface area contributed by atoms with Crippen molar-refractivity contribution in [1.29, 1.82) is 0 Å². The highest BCUT2D eigenvalue weighted by molar-refractivity contribution is 5.48. The molecule has 1 unspecified atom stereocenters. The highest BCUT2D eigenvalue weighted by Gasteiger charge is 2.12. The summed E-state index contributed by atoms with van der Waals surface area (Å²) in [6.07, 6.45) is 5.51. The van der Waals surface area contributed by atoms with Crippen molar-refractivity contribution in [3.8, 4) is 5.75 Å². The summed E-state index contributed by atoms with van der Waals surface area (Å²) in [5.41, 5.74) is 5.49. The molecule has 0 aliphatic rings. The Morgan fingerprint density at radius 2 is 1.89 bits per heavy atom. The molecule has 18 heavy (non-hydrogen) atoms. The first-order valence-corrected chi connectivity index (χ1v) is 6.86. The van der Waals surface area contributed by atoms with Gasteiger partial charge in [0.2, 0.25) is 0 Å². The lowest BCUT2D eigenvalue weighted by Gasteiger charge is -2.18. The van der Waals surface area contributed by atoms with Gasteiger partial charge in [0.15, 0.2) is 0 Å². The number of hydrogen-bond acceptors (Lipinski definition) is 1. The summed E-state index contributed by atoms with van der Waals surface area (Å²) in [4.78, 5) is 0. The fourth-order valence-electron chi connectivity index (χ4n) is 2.44. The van der Waals surface area contributed by atoms with Gasteiger partial charge in [0.1, 0.15) is 5.75 Å². The lowest BCUT2D eigenvalue weighted by atomic mass is 9.90. The number of allylic oxidation sites excluding steroid dienone is 2. The van der Waals surface area contributed by atoms with E-state index in [0.717, 1.165) is 18.8 Å². The molecule has 1 heteroatoms. The summed E-state index contributed by atoms with van der Waals surface area (Å²) in [5, 5.41) is 0. The predicted octanol–water partition coefficient (Wildman–Crippen LogP) is 4.77. The Bertz CT molecular complexity index is 430. The Kier molecular flexibility index (Phi) is 5.46. The molecule has 1 atom stereocenters. The van der Waals surface area contributed by atoms with E-state index < -0.39 is 0 Å². The zero-order valence-corrected chi connectivity index (χ0v) is 12.6. The number of hydrogen-bond donors (Lipinski definition) is 0. The monoisotopic (exact) mass is 246 g/mol. The Balaban J connectivity index is 3.10. The lowest BCUT2D eigenvalue weighted by molar-refractivity contribution is 0.337. The second kappa shape index (κ2) is 6.63. The van der Waals surface area contributed by atoms with Crippen LogP contribution in [0.1, 0.15) is 43.0 Å². The molecular formula is C17H26O. The summed E-state index contributed by atoms with van der Waals surface area (Å²) in [6, 6.07) is 2.18. The molecule has 0 bridgehead atoms. The summed E-state index contributed by atoms with van der Waals surface area (Å²) in [5.74, 6) is 1.62. The van der Waals surface area contributed by atoms with Crippen LogP contribution in [0.25, 0.3) is 0 Å². The second-order valence-corrected chi connectivity index (χ2v) is 5.06. The van der Waals surface area contributed by atoms with Gasteiger partial charge in [-0.1, -0.05) is 19.1 Å². The molecule has 0 N–H and O–H groups in total. The zero-order chi connectivity index (χ0) is 13.7. The summed E-state index contributed by atoms with van der Waals surface area (Å²) in [7, 11) is 0. The number of ether oxygens (including phenoxy) is 1. The highest BCUT2D eigenvalue weighted by atomic mass is 16.5. The summed E-state index contributed by atoms with van der Waals surface area (Å²) in [6.45, 7) is 13.7. The van der Waals surface area contributed by atoms with Crippen LogP contribution < -0.4 is 4.74 Å². The molecule has 0 radical (unpaired) electrons. The van der Waals surface area contributed by atoms with Crippen LogP contribution >= 0.6 is 0 Å². The van der Waals surface area contributed by atoms with E-state index in [0.29, 0.717) is 5.92 Å². The molecular weight excluding hydrogens is 220 g/mol. The Morgan fingerprint density at radius 3 is 2.44 bits per heavy atom. The normalized spacial score (nSPS) is 13.0. The van der Waals surface area contributed by atoms with Gasteiger partial charge in [-0.05, 0) is 75.3 Å². The third-order valence-corrected chi connectivity index (χ3v) is 3.56. The minimum absolute atomic E-state index is 0.588. The predicted molar refractivity (Wildman–Crippen MR) is 79.5 cm³/mol. The van der Waals surface area contributed by atoms with Gasteiger partial charge >= 0.3 is 0 Å². The SMILES string of the molecule is C/C=C\C(C)Cc1c(C)cc(OCC)c(C)c1C. The van der Waals surface area contributed by atoms with Crippen molar-refractivity contribution in [1.82, 2.24) is 0 Å². The molecule has 0 saturated carbocycles. The fraction of sp³-hybridized carbons (Fsp3) is 0.529. The van der Waals surface area contributed by atoms with Crippen LogP contribution in [-0.2, 0) is 6.42 Å². The van der Waals surface area contributed by atoms with Gasteiger partial charge in [-0.2, -0.15) is 0 Å². The van der Waals surface area contributed by atoms with Crippen LogP contribution in [0.3, 0.4) is 0 Å². The molecule has 0 fully saturated rings.